The fourth-order valence-electron chi connectivity index (χ4n) is 4.69. The Kier molecular flexibility index (Phi) is 4.23. The Bertz CT molecular complexity index is 1040. The first kappa shape index (κ1) is 18.7. The van der Waals surface area contributed by atoms with Crippen LogP contribution in [-0.4, -0.2) is 45.1 Å². The molecule has 2 aliphatic rings. The summed E-state index contributed by atoms with van der Waals surface area (Å²) < 4.78 is 40.0. The Morgan fingerprint density at radius 2 is 2.14 bits per heavy atom. The van der Waals surface area contributed by atoms with Gasteiger partial charge in [-0.05, 0) is 25.3 Å². The number of aromatic nitrogens is 4. The number of anilines is 2. The van der Waals surface area contributed by atoms with Gasteiger partial charge in [0.15, 0.2) is 0 Å². The van der Waals surface area contributed by atoms with E-state index in [1.54, 1.807) is 10.7 Å². The van der Waals surface area contributed by atoms with Crippen LogP contribution in [0.2, 0.25) is 0 Å². The lowest BCUT2D eigenvalue weighted by Crippen LogP contribution is -2.56. The summed E-state index contributed by atoms with van der Waals surface area (Å²) in [5.41, 5.74) is 1.29. The molecule has 1 saturated heterocycles. The Hall–Kier alpha value is -2.36. The van der Waals surface area contributed by atoms with Crippen molar-refractivity contribution in [1.29, 1.82) is 0 Å². The molecule has 29 heavy (non-hydrogen) atoms. The van der Waals surface area contributed by atoms with Crippen LogP contribution in [0.15, 0.2) is 24.8 Å². The normalized spacial score (nSPS) is 21.1. The summed E-state index contributed by atoms with van der Waals surface area (Å²) >= 11 is 1.10. The highest BCUT2D eigenvalue weighted by atomic mass is 32.1. The Morgan fingerprint density at radius 1 is 1.31 bits per heavy atom. The Labute approximate surface area is 169 Å². The van der Waals surface area contributed by atoms with Crippen LogP contribution in [0.4, 0.5) is 24.7 Å². The summed E-state index contributed by atoms with van der Waals surface area (Å²) in [6, 6.07) is 2.03. The molecule has 1 unspecified atom stereocenters. The van der Waals surface area contributed by atoms with Crippen molar-refractivity contribution in [3.05, 3.63) is 29.7 Å². The molecule has 1 aliphatic carbocycles. The van der Waals surface area contributed by atoms with Crippen LogP contribution in [0, 0.1) is 5.41 Å². The van der Waals surface area contributed by atoms with E-state index in [1.807, 2.05) is 19.4 Å². The second-order valence-corrected chi connectivity index (χ2v) is 9.38. The van der Waals surface area contributed by atoms with Gasteiger partial charge in [-0.25, -0.2) is 9.97 Å². The third-order valence-electron chi connectivity index (χ3n) is 5.86. The maximum atomic E-state index is 12.7. The summed E-state index contributed by atoms with van der Waals surface area (Å²) in [5, 5.41) is 8.49. The molecule has 3 aromatic rings. The maximum absolute atomic E-state index is 12.7. The maximum Gasteiger partial charge on any atom is 0.393 e. The quantitative estimate of drug-likeness (QED) is 0.689. The first-order chi connectivity index (χ1) is 13.8. The van der Waals surface area contributed by atoms with Crippen molar-refractivity contribution in [1.82, 2.24) is 19.7 Å². The third-order valence-corrected chi connectivity index (χ3v) is 6.91. The molecule has 5 rings (SSSR count). The molecule has 1 saturated carbocycles. The van der Waals surface area contributed by atoms with Gasteiger partial charge in [-0.15, -0.1) is 11.3 Å². The van der Waals surface area contributed by atoms with Crippen LogP contribution in [-0.2, 0) is 13.5 Å². The van der Waals surface area contributed by atoms with E-state index in [1.165, 1.54) is 6.33 Å². The van der Waals surface area contributed by atoms with Gasteiger partial charge in [-0.3, -0.25) is 4.68 Å². The molecule has 1 N–H and O–H groups in total. The average molecular weight is 422 g/mol. The largest absolute Gasteiger partial charge is 0.393 e. The summed E-state index contributed by atoms with van der Waals surface area (Å²) in [4.78, 5) is 11.7. The molecule has 2 fully saturated rings. The molecular formula is C19H21F3N6S. The predicted molar refractivity (Wildman–Crippen MR) is 106 cm³/mol. The molecule has 0 amide bonds. The fourth-order valence-corrected chi connectivity index (χ4v) is 5.71. The van der Waals surface area contributed by atoms with Gasteiger partial charge in [0.1, 0.15) is 17.0 Å². The monoisotopic (exact) mass is 422 g/mol. The molecule has 1 atom stereocenters. The lowest BCUT2D eigenvalue weighted by atomic mass is 9.78. The van der Waals surface area contributed by atoms with E-state index in [2.05, 4.69) is 25.3 Å². The minimum absolute atomic E-state index is 0.252. The number of fused-ring (bicyclic) bond motifs is 1. The fraction of sp³-hybridized carbons (Fsp3) is 0.526. The van der Waals surface area contributed by atoms with Gasteiger partial charge in [-0.2, -0.15) is 18.3 Å². The second-order valence-electron chi connectivity index (χ2n) is 8.26. The van der Waals surface area contributed by atoms with E-state index in [0.717, 1.165) is 60.6 Å². The van der Waals surface area contributed by atoms with Crippen molar-refractivity contribution in [3.8, 4) is 0 Å². The molecule has 154 valence electrons. The van der Waals surface area contributed by atoms with Crippen LogP contribution in [0.1, 0.15) is 24.1 Å². The van der Waals surface area contributed by atoms with Crippen LogP contribution in [0.5, 0.6) is 0 Å². The molecule has 0 bridgehead atoms. The van der Waals surface area contributed by atoms with Crippen molar-refractivity contribution in [2.45, 2.75) is 37.9 Å². The molecule has 1 spiro atoms. The van der Waals surface area contributed by atoms with Gasteiger partial charge in [0, 0.05) is 42.7 Å². The van der Waals surface area contributed by atoms with E-state index in [4.69, 9.17) is 0 Å². The highest BCUT2D eigenvalue weighted by Crippen LogP contribution is 2.48. The summed E-state index contributed by atoms with van der Waals surface area (Å²) in [6.45, 7) is 1.77. The minimum Gasteiger partial charge on any atom is -0.380 e. The average Bonchev–Trinajstić information content (AvgIpc) is 3.30. The topological polar surface area (TPSA) is 58.9 Å². The SMILES string of the molecule is Cn1cc(NC2CCC3(C2)CN(c2ncnc4sc(CC(F)(F)F)cc24)C3)cn1. The van der Waals surface area contributed by atoms with E-state index in [9.17, 15) is 13.2 Å². The molecule has 1 aliphatic heterocycles. The number of alkyl halides is 3. The van der Waals surface area contributed by atoms with Gasteiger partial charge < -0.3 is 10.2 Å². The van der Waals surface area contributed by atoms with E-state index in [-0.39, 0.29) is 10.3 Å². The molecule has 6 nitrogen and oxygen atoms in total. The van der Waals surface area contributed by atoms with Gasteiger partial charge >= 0.3 is 6.18 Å². The zero-order valence-electron chi connectivity index (χ0n) is 15.9. The minimum atomic E-state index is -4.21. The Morgan fingerprint density at radius 3 is 2.86 bits per heavy atom. The number of hydrogen-bond acceptors (Lipinski definition) is 6. The first-order valence-electron chi connectivity index (χ1n) is 9.59. The predicted octanol–water partition coefficient (Wildman–Crippen LogP) is 4.00. The lowest BCUT2D eigenvalue weighted by molar-refractivity contribution is -0.126. The summed E-state index contributed by atoms with van der Waals surface area (Å²) in [6.07, 6.45) is 3.46. The highest BCUT2D eigenvalue weighted by Gasteiger charge is 2.49. The van der Waals surface area contributed by atoms with Crippen LogP contribution < -0.4 is 10.2 Å². The zero-order valence-corrected chi connectivity index (χ0v) is 16.7. The standard InChI is InChI=1S/C19H21F3N6S/c1-27-8-13(7-25-27)26-12-2-3-18(5-12)9-28(10-18)16-15-4-14(6-19(20,21)22)29-17(15)24-11-23-16/h4,7-8,11-12,26H,2-3,5-6,9-10H2,1H3. The van der Waals surface area contributed by atoms with Crippen molar-refractivity contribution in [3.63, 3.8) is 0 Å². The highest BCUT2D eigenvalue weighted by molar-refractivity contribution is 7.18. The Balaban J connectivity index is 1.27. The van der Waals surface area contributed by atoms with E-state index >= 15 is 0 Å². The lowest BCUT2D eigenvalue weighted by Gasteiger charge is -2.49. The molecule has 4 heterocycles. The molecular weight excluding hydrogens is 401 g/mol. The van der Waals surface area contributed by atoms with Crippen LogP contribution in [0.3, 0.4) is 0 Å². The number of aryl methyl sites for hydroxylation is 1. The van der Waals surface area contributed by atoms with E-state index < -0.39 is 12.6 Å². The molecule has 10 heteroatoms. The van der Waals surface area contributed by atoms with E-state index in [0.29, 0.717) is 10.9 Å². The van der Waals surface area contributed by atoms with Crippen LogP contribution in [0.25, 0.3) is 10.2 Å². The molecule has 3 aromatic heterocycles. The zero-order chi connectivity index (χ0) is 20.2. The number of rotatable bonds is 4. The van der Waals surface area contributed by atoms with Gasteiger partial charge in [0.2, 0.25) is 0 Å². The second kappa shape index (κ2) is 6.58. The molecule has 0 radical (unpaired) electrons. The molecule has 0 aromatic carbocycles. The van der Waals surface area contributed by atoms with Crippen molar-refractivity contribution in [2.75, 3.05) is 23.3 Å². The number of thiophene rings is 1. The summed E-state index contributed by atoms with van der Waals surface area (Å²) in [7, 11) is 1.90. The first-order valence-corrected chi connectivity index (χ1v) is 10.4. The smallest absolute Gasteiger partial charge is 0.380 e. The van der Waals surface area contributed by atoms with Crippen LogP contribution >= 0.6 is 11.3 Å². The number of nitrogens with zero attached hydrogens (tertiary/aromatic N) is 5. The summed E-state index contributed by atoms with van der Waals surface area (Å²) in [5.74, 6) is 0.758. The van der Waals surface area contributed by atoms with Gasteiger partial charge in [0.25, 0.3) is 0 Å². The van der Waals surface area contributed by atoms with Crippen molar-refractivity contribution in [2.24, 2.45) is 12.5 Å². The number of nitrogens with one attached hydrogen (secondary N) is 1. The third kappa shape index (κ3) is 3.65. The van der Waals surface area contributed by atoms with Gasteiger partial charge in [0.05, 0.1) is 23.7 Å². The number of halogens is 3. The van der Waals surface area contributed by atoms with Crippen molar-refractivity contribution >= 4 is 33.1 Å². The van der Waals surface area contributed by atoms with Crippen molar-refractivity contribution < 1.29 is 13.2 Å². The number of hydrogen-bond donors (Lipinski definition) is 1. The van der Waals surface area contributed by atoms with Gasteiger partial charge in [-0.1, -0.05) is 0 Å².